The number of benzene rings is 1. The van der Waals surface area contributed by atoms with Crippen LogP contribution in [0.5, 0.6) is 0 Å². The second-order valence-electron chi connectivity index (χ2n) is 6.19. The molecule has 0 radical (unpaired) electrons. The summed E-state index contributed by atoms with van der Waals surface area (Å²) in [7, 11) is -2.17. The van der Waals surface area contributed by atoms with Gasteiger partial charge in [0.25, 0.3) is 5.91 Å². The van der Waals surface area contributed by atoms with Gasteiger partial charge in [0.2, 0.25) is 10.0 Å². The van der Waals surface area contributed by atoms with Gasteiger partial charge in [-0.2, -0.15) is 0 Å². The van der Waals surface area contributed by atoms with Gasteiger partial charge in [-0.3, -0.25) is 4.79 Å². The maximum absolute atomic E-state index is 12.6. The molecule has 0 bridgehead atoms. The van der Waals surface area contributed by atoms with Crippen LogP contribution in [0.15, 0.2) is 27.6 Å². The smallest absolute Gasteiger partial charge is 0.252 e. The maximum Gasteiger partial charge on any atom is 0.252 e. The third-order valence-electron chi connectivity index (χ3n) is 4.28. The molecule has 6 nitrogen and oxygen atoms in total. The van der Waals surface area contributed by atoms with Crippen molar-refractivity contribution in [2.45, 2.75) is 49.5 Å². The van der Waals surface area contributed by atoms with E-state index >= 15 is 0 Å². The molecule has 1 amide bonds. The van der Waals surface area contributed by atoms with E-state index < -0.39 is 10.0 Å². The number of hydrogen-bond acceptors (Lipinski definition) is 4. The number of amides is 1. The predicted octanol–water partition coefficient (Wildman–Crippen LogP) is 2.83. The Morgan fingerprint density at radius 3 is 2.56 bits per heavy atom. The number of nitrogens with one attached hydrogen (secondary N) is 2. The highest BCUT2D eigenvalue weighted by Gasteiger charge is 2.21. The van der Waals surface area contributed by atoms with Crippen molar-refractivity contribution < 1.29 is 17.9 Å². The molecule has 1 fully saturated rings. The minimum Gasteiger partial charge on any atom is -0.383 e. The summed E-state index contributed by atoms with van der Waals surface area (Å²) >= 11 is 3.35. The Balaban J connectivity index is 2.13. The maximum atomic E-state index is 12.6. The first-order chi connectivity index (χ1) is 11.9. The van der Waals surface area contributed by atoms with E-state index in [1.807, 2.05) is 0 Å². The lowest BCUT2D eigenvalue weighted by atomic mass is 10.1. The molecule has 1 aromatic carbocycles. The number of methoxy groups -OCH3 is 1. The fourth-order valence-corrected chi connectivity index (χ4v) is 4.36. The number of rotatable bonds is 7. The minimum atomic E-state index is -3.68. The van der Waals surface area contributed by atoms with E-state index in [1.54, 1.807) is 6.07 Å². The van der Waals surface area contributed by atoms with Crippen molar-refractivity contribution in [3.63, 3.8) is 0 Å². The summed E-state index contributed by atoms with van der Waals surface area (Å²) in [6, 6.07) is 4.63. The lowest BCUT2D eigenvalue weighted by Crippen LogP contribution is -2.35. The zero-order valence-electron chi connectivity index (χ0n) is 14.4. The number of carbonyl (C=O) groups is 1. The monoisotopic (exact) mass is 432 g/mol. The van der Waals surface area contributed by atoms with Crippen molar-refractivity contribution in [2.24, 2.45) is 0 Å². The Bertz CT molecular complexity index is 686. The fourth-order valence-electron chi connectivity index (χ4n) is 2.89. The van der Waals surface area contributed by atoms with Gasteiger partial charge in [-0.15, -0.1) is 0 Å². The molecular weight excluding hydrogens is 408 g/mol. The van der Waals surface area contributed by atoms with Crippen molar-refractivity contribution >= 4 is 31.9 Å². The van der Waals surface area contributed by atoms with Gasteiger partial charge in [0, 0.05) is 24.2 Å². The number of hydrogen-bond donors (Lipinski definition) is 2. The Kier molecular flexibility index (Phi) is 7.86. The average Bonchev–Trinajstić information content (AvgIpc) is 2.83. The summed E-state index contributed by atoms with van der Waals surface area (Å²) in [5.74, 6) is -0.243. The Hall–Kier alpha value is -0.960. The molecule has 0 spiro atoms. The van der Waals surface area contributed by atoms with Crippen LogP contribution in [-0.2, 0) is 14.8 Å². The second-order valence-corrected chi connectivity index (χ2v) is 8.82. The Morgan fingerprint density at radius 2 is 1.92 bits per heavy atom. The zero-order chi connectivity index (χ0) is 18.3. The van der Waals surface area contributed by atoms with Crippen LogP contribution in [0.3, 0.4) is 0 Å². The number of halogens is 1. The Morgan fingerprint density at radius 1 is 1.24 bits per heavy atom. The van der Waals surface area contributed by atoms with Crippen LogP contribution in [0.1, 0.15) is 48.9 Å². The minimum absolute atomic E-state index is 0.0674. The van der Waals surface area contributed by atoms with Crippen LogP contribution < -0.4 is 10.0 Å². The van der Waals surface area contributed by atoms with Crippen LogP contribution in [0.2, 0.25) is 0 Å². The molecule has 1 aliphatic rings. The molecule has 0 aromatic heterocycles. The van der Waals surface area contributed by atoms with Gasteiger partial charge < -0.3 is 10.1 Å². The molecule has 2 N–H and O–H groups in total. The number of carbonyl (C=O) groups excluding carboxylic acids is 1. The molecule has 0 unspecified atom stereocenters. The van der Waals surface area contributed by atoms with Crippen molar-refractivity contribution in [3.05, 3.63) is 28.2 Å². The molecule has 1 aliphatic carbocycles. The molecule has 2 rings (SSSR count). The molecule has 8 heteroatoms. The highest BCUT2D eigenvalue weighted by atomic mass is 79.9. The quantitative estimate of drug-likeness (QED) is 0.512. The van der Waals surface area contributed by atoms with E-state index in [2.05, 4.69) is 26.0 Å². The van der Waals surface area contributed by atoms with Gasteiger partial charge in [-0.1, -0.05) is 25.7 Å². The second kappa shape index (κ2) is 9.66. The van der Waals surface area contributed by atoms with Crippen molar-refractivity contribution in [1.29, 1.82) is 0 Å². The van der Waals surface area contributed by atoms with Crippen LogP contribution in [0, 0.1) is 0 Å². The first-order valence-electron chi connectivity index (χ1n) is 8.53. The molecule has 25 heavy (non-hydrogen) atoms. The summed E-state index contributed by atoms with van der Waals surface area (Å²) in [6.45, 7) is 0.462. The van der Waals surface area contributed by atoms with Crippen molar-refractivity contribution in [2.75, 3.05) is 20.3 Å². The predicted molar refractivity (Wildman–Crippen MR) is 100 cm³/mol. The van der Waals surface area contributed by atoms with Gasteiger partial charge in [-0.25, -0.2) is 13.1 Å². The third kappa shape index (κ3) is 6.06. The van der Waals surface area contributed by atoms with Gasteiger partial charge in [0.15, 0.2) is 0 Å². The number of sulfonamides is 1. The first kappa shape index (κ1) is 20.4. The standard InChI is InChI=1S/C17H25BrN2O4S/c1-24-11-10-19-25(22,23)14-8-9-16(18)15(12-14)17(21)20-13-6-4-2-3-5-7-13/h8-9,12-13,19H,2-7,10-11H2,1H3,(H,20,21). The number of ether oxygens (including phenoxy) is 1. The highest BCUT2D eigenvalue weighted by molar-refractivity contribution is 9.10. The van der Waals surface area contributed by atoms with Crippen LogP contribution in [-0.4, -0.2) is 40.6 Å². The summed E-state index contributed by atoms with van der Waals surface area (Å²) < 4.78 is 32.5. The SMILES string of the molecule is COCCNS(=O)(=O)c1ccc(Br)c(C(=O)NC2CCCCCC2)c1. The van der Waals surface area contributed by atoms with E-state index in [-0.39, 0.29) is 30.0 Å². The van der Waals surface area contributed by atoms with E-state index in [1.165, 1.54) is 32.1 Å². The van der Waals surface area contributed by atoms with Crippen LogP contribution in [0.25, 0.3) is 0 Å². The lowest BCUT2D eigenvalue weighted by molar-refractivity contribution is 0.0932. The molecule has 0 atom stereocenters. The Labute approximate surface area is 157 Å². The van der Waals surface area contributed by atoms with Crippen molar-refractivity contribution in [1.82, 2.24) is 10.0 Å². The molecule has 1 saturated carbocycles. The average molecular weight is 433 g/mol. The van der Waals surface area contributed by atoms with Gasteiger partial charge in [0.05, 0.1) is 17.1 Å². The topological polar surface area (TPSA) is 84.5 Å². The molecule has 0 saturated heterocycles. The molecule has 140 valence electrons. The van der Waals surface area contributed by atoms with Crippen molar-refractivity contribution in [3.8, 4) is 0 Å². The highest BCUT2D eigenvalue weighted by Crippen LogP contribution is 2.23. The van der Waals surface area contributed by atoms with Crippen LogP contribution in [0.4, 0.5) is 0 Å². The van der Waals surface area contributed by atoms with E-state index in [0.29, 0.717) is 10.0 Å². The molecule has 1 aromatic rings. The van der Waals surface area contributed by atoms with Crippen LogP contribution >= 0.6 is 15.9 Å². The third-order valence-corrected chi connectivity index (χ3v) is 6.43. The van der Waals surface area contributed by atoms with E-state index in [4.69, 9.17) is 4.74 Å². The largest absolute Gasteiger partial charge is 0.383 e. The molecule has 0 aliphatic heterocycles. The summed E-state index contributed by atoms with van der Waals surface area (Å²) in [4.78, 5) is 12.7. The van der Waals surface area contributed by atoms with Gasteiger partial charge >= 0.3 is 0 Å². The molecular formula is C17H25BrN2O4S. The summed E-state index contributed by atoms with van der Waals surface area (Å²) in [5, 5.41) is 3.04. The summed E-state index contributed by atoms with van der Waals surface area (Å²) in [5.41, 5.74) is 0.332. The van der Waals surface area contributed by atoms with E-state index in [9.17, 15) is 13.2 Å². The zero-order valence-corrected chi connectivity index (χ0v) is 16.8. The normalized spacial score (nSPS) is 16.4. The fraction of sp³-hybridized carbons (Fsp3) is 0.588. The first-order valence-corrected chi connectivity index (χ1v) is 10.8. The van der Waals surface area contributed by atoms with Gasteiger partial charge in [0.1, 0.15) is 0 Å². The van der Waals surface area contributed by atoms with Gasteiger partial charge in [-0.05, 0) is 47.0 Å². The van der Waals surface area contributed by atoms with E-state index in [0.717, 1.165) is 25.7 Å². The summed E-state index contributed by atoms with van der Waals surface area (Å²) in [6.07, 6.45) is 6.58. The molecule has 0 heterocycles. The lowest BCUT2D eigenvalue weighted by Gasteiger charge is -2.17.